The van der Waals surface area contributed by atoms with Gasteiger partial charge in [-0.15, -0.1) is 0 Å². The van der Waals surface area contributed by atoms with Crippen LogP contribution in [0.15, 0.2) is 11.6 Å². The second-order valence-electron chi connectivity index (χ2n) is 9.96. The molecular weight excluding hydrogens is 406 g/mol. The lowest BCUT2D eigenvalue weighted by atomic mass is 9.53. The Morgan fingerprint density at radius 3 is 2.41 bits per heavy atom. The summed E-state index contributed by atoms with van der Waals surface area (Å²) in [5.74, 6) is 1.13. The number of aromatic nitrogens is 1. The molecule has 172 valence electrons. The molecule has 1 aromatic rings. The van der Waals surface area contributed by atoms with E-state index < -0.39 is 5.97 Å². The first-order valence-electron chi connectivity index (χ1n) is 11.6. The molecule has 4 saturated carbocycles. The maximum absolute atomic E-state index is 12.6. The van der Waals surface area contributed by atoms with Gasteiger partial charge in [-0.3, -0.25) is 4.79 Å². The molecule has 0 unspecified atom stereocenters. The first-order chi connectivity index (χ1) is 15.3. The quantitative estimate of drug-likeness (QED) is 0.381. The summed E-state index contributed by atoms with van der Waals surface area (Å²) in [7, 11) is 1.65. The third-order valence-electron chi connectivity index (χ3n) is 7.55. The molecule has 1 heterocycles. The van der Waals surface area contributed by atoms with Crippen molar-refractivity contribution in [2.75, 3.05) is 20.3 Å². The van der Waals surface area contributed by atoms with E-state index in [0.29, 0.717) is 13.2 Å². The lowest BCUT2D eigenvalue weighted by Gasteiger charge is -2.56. The van der Waals surface area contributed by atoms with Crippen LogP contribution < -0.4 is 5.32 Å². The van der Waals surface area contributed by atoms with E-state index in [0.717, 1.165) is 54.0 Å². The van der Waals surface area contributed by atoms with Crippen LogP contribution in [-0.4, -0.2) is 42.3 Å². The molecule has 32 heavy (non-hydrogen) atoms. The Balaban J connectivity index is 1.36. The number of rotatable bonds is 8. The Hall–Kier alpha value is -2.59. The number of nitrogens with one attached hydrogen (secondary N) is 1. The van der Waals surface area contributed by atoms with Gasteiger partial charge in [-0.1, -0.05) is 0 Å². The number of amides is 1. The molecule has 5 rings (SSSR count). The third-order valence-corrected chi connectivity index (χ3v) is 7.55. The summed E-state index contributed by atoms with van der Waals surface area (Å²) in [6.07, 6.45) is 8.55. The van der Waals surface area contributed by atoms with E-state index in [4.69, 9.17) is 9.47 Å². The summed E-state index contributed by atoms with van der Waals surface area (Å²) in [5, 5.41) is 12.7. The molecule has 0 radical (unpaired) electrons. The van der Waals surface area contributed by atoms with Crippen molar-refractivity contribution in [3.63, 3.8) is 0 Å². The Kier molecular flexibility index (Phi) is 6.43. The molecule has 4 fully saturated rings. The topological polar surface area (TPSA) is 93.3 Å². The zero-order valence-corrected chi connectivity index (χ0v) is 19.3. The van der Waals surface area contributed by atoms with E-state index in [1.807, 2.05) is 26.0 Å². The number of hydrogen-bond acceptors (Lipinski definition) is 5. The number of ether oxygens (including phenoxy) is 2. The highest BCUT2D eigenvalue weighted by Gasteiger charge is 2.51. The van der Waals surface area contributed by atoms with Crippen molar-refractivity contribution in [2.45, 2.75) is 64.5 Å². The van der Waals surface area contributed by atoms with Gasteiger partial charge in [-0.2, -0.15) is 5.26 Å². The van der Waals surface area contributed by atoms with Gasteiger partial charge in [0.15, 0.2) is 6.61 Å². The van der Waals surface area contributed by atoms with Gasteiger partial charge in [0.2, 0.25) is 0 Å². The summed E-state index contributed by atoms with van der Waals surface area (Å²) in [5.41, 5.74) is 2.52. The summed E-state index contributed by atoms with van der Waals surface area (Å²) < 4.78 is 12.4. The largest absolute Gasteiger partial charge is 0.451 e. The Labute approximate surface area is 189 Å². The van der Waals surface area contributed by atoms with E-state index in [1.54, 1.807) is 7.11 Å². The molecule has 0 spiro atoms. The van der Waals surface area contributed by atoms with Gasteiger partial charge in [0.25, 0.3) is 5.91 Å². The van der Waals surface area contributed by atoms with Crippen molar-refractivity contribution in [2.24, 2.45) is 17.8 Å². The van der Waals surface area contributed by atoms with Crippen molar-refractivity contribution in [3.05, 3.63) is 28.6 Å². The van der Waals surface area contributed by atoms with Crippen LogP contribution in [0.3, 0.4) is 0 Å². The van der Waals surface area contributed by atoms with Crippen molar-refractivity contribution >= 4 is 18.0 Å². The van der Waals surface area contributed by atoms with Crippen LogP contribution in [0.5, 0.6) is 0 Å². The average Bonchev–Trinajstić information content (AvgIpc) is 2.99. The van der Waals surface area contributed by atoms with Crippen molar-refractivity contribution in [3.8, 4) is 6.07 Å². The first kappa shape index (κ1) is 22.6. The number of nitriles is 1. The molecule has 1 amide bonds. The highest BCUT2D eigenvalue weighted by Crippen LogP contribution is 2.55. The van der Waals surface area contributed by atoms with E-state index in [1.165, 1.54) is 25.3 Å². The third kappa shape index (κ3) is 4.61. The molecular formula is C25H33N3O4. The minimum atomic E-state index is -0.769. The number of carbonyl (C=O) groups is 2. The standard InChI is InChI=1S/C25H33N3O4/c1-16-6-21(17(2)28(16)4-5-31-3)10-22(14-26)24(30)32-15-23(29)27-25-11-18-7-19(12-25)9-20(8-18)13-25/h6,10,18-20H,4-5,7-9,11-13,15H2,1-3H3,(H,27,29). The summed E-state index contributed by atoms with van der Waals surface area (Å²) in [4.78, 5) is 25.1. The van der Waals surface area contributed by atoms with Crippen molar-refractivity contribution < 1.29 is 19.1 Å². The predicted octanol–water partition coefficient (Wildman–Crippen LogP) is 3.29. The van der Waals surface area contributed by atoms with Gasteiger partial charge in [0.05, 0.1) is 6.61 Å². The summed E-state index contributed by atoms with van der Waals surface area (Å²) in [6.45, 7) is 4.82. The fraction of sp³-hybridized carbons (Fsp3) is 0.640. The van der Waals surface area contributed by atoms with Crippen LogP contribution in [-0.2, 0) is 25.6 Å². The minimum absolute atomic E-state index is 0.111. The molecule has 0 saturated heterocycles. The first-order valence-corrected chi connectivity index (χ1v) is 11.6. The van der Waals surface area contributed by atoms with Crippen molar-refractivity contribution in [1.29, 1.82) is 5.26 Å². The number of aryl methyl sites for hydroxylation is 1. The second-order valence-corrected chi connectivity index (χ2v) is 9.96. The molecule has 4 bridgehead atoms. The summed E-state index contributed by atoms with van der Waals surface area (Å²) >= 11 is 0. The molecule has 4 aliphatic rings. The monoisotopic (exact) mass is 439 g/mol. The minimum Gasteiger partial charge on any atom is -0.451 e. The van der Waals surface area contributed by atoms with Gasteiger partial charge >= 0.3 is 5.97 Å². The normalized spacial score (nSPS) is 28.4. The molecule has 4 aliphatic carbocycles. The zero-order chi connectivity index (χ0) is 22.9. The molecule has 0 atom stereocenters. The fourth-order valence-electron chi connectivity index (χ4n) is 6.60. The smallest absolute Gasteiger partial charge is 0.349 e. The molecule has 0 aromatic carbocycles. The molecule has 1 N–H and O–H groups in total. The van der Waals surface area contributed by atoms with Gasteiger partial charge in [0, 0.05) is 30.6 Å². The Bertz CT molecular complexity index is 933. The highest BCUT2D eigenvalue weighted by molar-refractivity contribution is 5.99. The molecule has 7 heteroatoms. The van der Waals surface area contributed by atoms with E-state index in [-0.39, 0.29) is 23.6 Å². The number of nitrogens with zero attached hydrogens (tertiary/aromatic N) is 2. The SMILES string of the molecule is COCCn1c(C)cc(C=C(C#N)C(=O)OCC(=O)NC23CC4CC(CC(C4)C2)C3)c1C. The molecule has 1 aromatic heterocycles. The Morgan fingerprint density at radius 1 is 1.22 bits per heavy atom. The van der Waals surface area contributed by atoms with E-state index in [9.17, 15) is 14.9 Å². The van der Waals surface area contributed by atoms with E-state index in [2.05, 4.69) is 9.88 Å². The van der Waals surface area contributed by atoms with E-state index >= 15 is 0 Å². The average molecular weight is 440 g/mol. The predicted molar refractivity (Wildman–Crippen MR) is 119 cm³/mol. The maximum Gasteiger partial charge on any atom is 0.349 e. The van der Waals surface area contributed by atoms with Crippen molar-refractivity contribution in [1.82, 2.24) is 9.88 Å². The van der Waals surface area contributed by atoms with Crippen LogP contribution in [0, 0.1) is 42.9 Å². The fourth-order valence-corrected chi connectivity index (χ4v) is 6.60. The van der Waals surface area contributed by atoms with Crippen LogP contribution in [0.25, 0.3) is 6.08 Å². The number of carbonyl (C=O) groups excluding carboxylic acids is 2. The number of esters is 1. The second kappa shape index (κ2) is 9.11. The van der Waals surface area contributed by atoms with Gasteiger partial charge in [0.1, 0.15) is 11.6 Å². The zero-order valence-electron chi connectivity index (χ0n) is 19.3. The van der Waals surface area contributed by atoms with Crippen LogP contribution in [0.4, 0.5) is 0 Å². The number of methoxy groups -OCH3 is 1. The van der Waals surface area contributed by atoms with Crippen LogP contribution in [0.1, 0.15) is 55.5 Å². The highest BCUT2D eigenvalue weighted by atomic mass is 16.5. The van der Waals surface area contributed by atoms with Crippen LogP contribution in [0.2, 0.25) is 0 Å². The van der Waals surface area contributed by atoms with Gasteiger partial charge in [-0.25, -0.2) is 4.79 Å². The summed E-state index contributed by atoms with van der Waals surface area (Å²) in [6, 6.07) is 3.85. The van der Waals surface area contributed by atoms with Gasteiger partial charge in [-0.05, 0) is 87.8 Å². The Morgan fingerprint density at radius 2 is 1.84 bits per heavy atom. The van der Waals surface area contributed by atoms with Crippen LogP contribution >= 0.6 is 0 Å². The molecule has 0 aliphatic heterocycles. The number of hydrogen-bond donors (Lipinski definition) is 1. The maximum atomic E-state index is 12.6. The molecule has 7 nitrogen and oxygen atoms in total. The lowest BCUT2D eigenvalue weighted by molar-refractivity contribution is -0.146. The lowest BCUT2D eigenvalue weighted by Crippen LogP contribution is -2.60. The van der Waals surface area contributed by atoms with Gasteiger partial charge < -0.3 is 19.4 Å².